The topological polar surface area (TPSA) is 30.0 Å². The van der Waals surface area contributed by atoms with Crippen LogP contribution < -0.4 is 0 Å². The Morgan fingerprint density at radius 3 is 2.93 bits per heavy atom. The fourth-order valence-corrected chi connectivity index (χ4v) is 1.89. The van der Waals surface area contributed by atoms with E-state index in [1.807, 2.05) is 19.1 Å². The largest absolute Gasteiger partial charge is 0.299 e. The molecule has 1 heterocycles. The molecule has 80 valence electrons. The van der Waals surface area contributed by atoms with Gasteiger partial charge in [0, 0.05) is 18.5 Å². The average Bonchev–Trinajstić information content (AvgIpc) is 3.04. The molecule has 2 rings (SSSR count). The van der Waals surface area contributed by atoms with Gasteiger partial charge < -0.3 is 0 Å². The molecule has 0 radical (unpaired) electrons. The monoisotopic (exact) mass is 203 g/mol. The Bertz CT molecular complexity index is 369. The molecule has 15 heavy (non-hydrogen) atoms. The minimum Gasteiger partial charge on any atom is -0.299 e. The van der Waals surface area contributed by atoms with Gasteiger partial charge in [0.1, 0.15) is 5.78 Å². The molecular weight excluding hydrogens is 186 g/mol. The molecule has 1 aromatic rings. The van der Waals surface area contributed by atoms with Crippen molar-refractivity contribution in [1.29, 1.82) is 0 Å². The van der Waals surface area contributed by atoms with Crippen molar-refractivity contribution in [3.63, 3.8) is 0 Å². The summed E-state index contributed by atoms with van der Waals surface area (Å²) in [6.07, 6.45) is 4.73. The molecule has 0 amide bonds. The lowest BCUT2D eigenvalue weighted by Gasteiger charge is -2.09. The van der Waals surface area contributed by atoms with Gasteiger partial charge in [-0.2, -0.15) is 0 Å². The van der Waals surface area contributed by atoms with Crippen molar-refractivity contribution in [2.24, 2.45) is 11.8 Å². The zero-order chi connectivity index (χ0) is 10.8. The van der Waals surface area contributed by atoms with Gasteiger partial charge in [-0.05, 0) is 37.3 Å². The number of ketones is 1. The Morgan fingerprint density at radius 2 is 2.33 bits per heavy atom. The van der Waals surface area contributed by atoms with Crippen molar-refractivity contribution in [2.45, 2.75) is 33.1 Å². The summed E-state index contributed by atoms with van der Waals surface area (Å²) in [5.74, 6) is 1.23. The van der Waals surface area contributed by atoms with Gasteiger partial charge in [-0.25, -0.2) is 0 Å². The Labute approximate surface area is 90.7 Å². The van der Waals surface area contributed by atoms with Crippen LogP contribution in [0.25, 0.3) is 0 Å². The fourth-order valence-electron chi connectivity index (χ4n) is 1.89. The normalized spacial score (nSPS) is 17.5. The van der Waals surface area contributed by atoms with Crippen molar-refractivity contribution in [3.05, 3.63) is 29.6 Å². The predicted molar refractivity (Wildman–Crippen MR) is 59.6 cm³/mol. The first kappa shape index (κ1) is 10.3. The van der Waals surface area contributed by atoms with Gasteiger partial charge in [0.25, 0.3) is 0 Å². The summed E-state index contributed by atoms with van der Waals surface area (Å²) in [5.41, 5.74) is 2.06. The number of hydrogen-bond donors (Lipinski definition) is 0. The van der Waals surface area contributed by atoms with E-state index in [1.54, 1.807) is 6.20 Å². The minimum absolute atomic E-state index is 0.228. The van der Waals surface area contributed by atoms with Crippen LogP contribution in [-0.2, 0) is 11.2 Å². The van der Waals surface area contributed by atoms with E-state index in [9.17, 15) is 4.79 Å². The maximum atomic E-state index is 11.9. The summed E-state index contributed by atoms with van der Waals surface area (Å²) < 4.78 is 0. The van der Waals surface area contributed by atoms with Gasteiger partial charge in [0.2, 0.25) is 0 Å². The summed E-state index contributed by atoms with van der Waals surface area (Å²) in [6.45, 7) is 4.07. The van der Waals surface area contributed by atoms with E-state index in [2.05, 4.69) is 11.9 Å². The Kier molecular flexibility index (Phi) is 2.85. The lowest BCUT2D eigenvalue weighted by Crippen LogP contribution is -2.16. The summed E-state index contributed by atoms with van der Waals surface area (Å²) in [6, 6.07) is 3.92. The third kappa shape index (κ3) is 2.44. The molecule has 1 aliphatic carbocycles. The van der Waals surface area contributed by atoms with Crippen LogP contribution in [0.3, 0.4) is 0 Å². The number of hydrogen-bond acceptors (Lipinski definition) is 2. The van der Waals surface area contributed by atoms with Crippen molar-refractivity contribution < 1.29 is 4.79 Å². The maximum Gasteiger partial charge on any atom is 0.141 e. The highest BCUT2D eigenvalue weighted by Gasteiger charge is 2.32. The van der Waals surface area contributed by atoms with Crippen molar-refractivity contribution in [1.82, 2.24) is 4.98 Å². The summed E-state index contributed by atoms with van der Waals surface area (Å²) in [4.78, 5) is 16.2. The van der Waals surface area contributed by atoms with E-state index in [0.717, 1.165) is 11.3 Å². The molecule has 0 aliphatic heterocycles. The van der Waals surface area contributed by atoms with E-state index >= 15 is 0 Å². The number of pyridine rings is 1. The van der Waals surface area contributed by atoms with E-state index in [-0.39, 0.29) is 5.92 Å². The number of Topliss-reactive ketones (excluding diaryl/α,β-unsaturated/α-hetero) is 1. The fraction of sp³-hybridized carbons (Fsp3) is 0.538. The maximum absolute atomic E-state index is 11.9. The summed E-state index contributed by atoms with van der Waals surface area (Å²) >= 11 is 0. The standard InChI is InChI=1S/C13H17NO/c1-9-4-3-7-14-12(9)8-13(15)10(2)11-5-6-11/h3-4,7,10-11H,5-6,8H2,1-2H3. The number of rotatable bonds is 4. The first-order valence-electron chi connectivity index (χ1n) is 5.61. The average molecular weight is 203 g/mol. The van der Waals surface area contributed by atoms with Crippen LogP contribution in [-0.4, -0.2) is 10.8 Å². The van der Waals surface area contributed by atoms with Gasteiger partial charge in [0.05, 0.1) is 5.69 Å². The number of aromatic nitrogens is 1. The number of aryl methyl sites for hydroxylation is 1. The number of carbonyl (C=O) groups excluding carboxylic acids is 1. The molecule has 1 aromatic heterocycles. The highest BCUT2D eigenvalue weighted by atomic mass is 16.1. The van der Waals surface area contributed by atoms with E-state index in [0.29, 0.717) is 18.1 Å². The van der Waals surface area contributed by atoms with Gasteiger partial charge in [0.15, 0.2) is 0 Å². The van der Waals surface area contributed by atoms with E-state index in [4.69, 9.17) is 0 Å². The molecule has 2 nitrogen and oxygen atoms in total. The molecule has 1 saturated carbocycles. The zero-order valence-electron chi connectivity index (χ0n) is 9.36. The zero-order valence-corrected chi connectivity index (χ0v) is 9.36. The van der Waals surface area contributed by atoms with Crippen molar-refractivity contribution in [2.75, 3.05) is 0 Å². The van der Waals surface area contributed by atoms with Crippen molar-refractivity contribution in [3.8, 4) is 0 Å². The lowest BCUT2D eigenvalue weighted by molar-refractivity contribution is -0.122. The SMILES string of the molecule is Cc1cccnc1CC(=O)C(C)C1CC1. The van der Waals surface area contributed by atoms with Crippen LogP contribution in [0.15, 0.2) is 18.3 Å². The molecule has 0 aromatic carbocycles. The third-order valence-corrected chi connectivity index (χ3v) is 3.30. The first-order valence-corrected chi connectivity index (χ1v) is 5.61. The molecule has 0 N–H and O–H groups in total. The molecular formula is C13H17NO. The van der Waals surface area contributed by atoms with E-state index in [1.165, 1.54) is 12.8 Å². The quantitative estimate of drug-likeness (QED) is 0.752. The molecule has 1 atom stereocenters. The number of nitrogens with zero attached hydrogens (tertiary/aromatic N) is 1. The highest BCUT2D eigenvalue weighted by Crippen LogP contribution is 2.37. The van der Waals surface area contributed by atoms with Gasteiger partial charge in [-0.1, -0.05) is 13.0 Å². The molecule has 0 spiro atoms. The van der Waals surface area contributed by atoms with Gasteiger partial charge in [-0.15, -0.1) is 0 Å². The molecule has 1 fully saturated rings. The molecule has 0 saturated heterocycles. The van der Waals surface area contributed by atoms with Crippen LogP contribution in [0.5, 0.6) is 0 Å². The van der Waals surface area contributed by atoms with Crippen LogP contribution in [0.1, 0.15) is 31.0 Å². The smallest absolute Gasteiger partial charge is 0.141 e. The van der Waals surface area contributed by atoms with E-state index < -0.39 is 0 Å². The molecule has 2 heteroatoms. The summed E-state index contributed by atoms with van der Waals surface area (Å²) in [7, 11) is 0. The third-order valence-electron chi connectivity index (χ3n) is 3.30. The van der Waals surface area contributed by atoms with Crippen molar-refractivity contribution >= 4 is 5.78 Å². The summed E-state index contributed by atoms with van der Waals surface area (Å²) in [5, 5.41) is 0. The van der Waals surface area contributed by atoms with Gasteiger partial charge in [-0.3, -0.25) is 9.78 Å². The van der Waals surface area contributed by atoms with Crippen LogP contribution in [0.2, 0.25) is 0 Å². The Balaban J connectivity index is 2.02. The van der Waals surface area contributed by atoms with Crippen LogP contribution in [0.4, 0.5) is 0 Å². The lowest BCUT2D eigenvalue weighted by atomic mass is 9.96. The molecule has 1 unspecified atom stereocenters. The molecule has 1 aliphatic rings. The number of carbonyl (C=O) groups is 1. The second-order valence-electron chi connectivity index (χ2n) is 4.54. The van der Waals surface area contributed by atoms with Crippen LogP contribution in [0, 0.1) is 18.8 Å². The Morgan fingerprint density at radius 1 is 1.60 bits per heavy atom. The highest BCUT2D eigenvalue weighted by molar-refractivity contribution is 5.83. The second-order valence-corrected chi connectivity index (χ2v) is 4.54. The molecule has 0 bridgehead atoms. The van der Waals surface area contributed by atoms with Gasteiger partial charge >= 0.3 is 0 Å². The van der Waals surface area contributed by atoms with Crippen LogP contribution >= 0.6 is 0 Å². The minimum atomic E-state index is 0.228. The second kappa shape index (κ2) is 4.13. The Hall–Kier alpha value is -1.18. The predicted octanol–water partition coefficient (Wildman–Crippen LogP) is 2.55. The first-order chi connectivity index (χ1) is 7.18.